The number of nitrogens with zero attached hydrogens (tertiary/aromatic N) is 1. The summed E-state index contributed by atoms with van der Waals surface area (Å²) < 4.78 is 0. The number of aryl methyl sites for hydroxylation is 2. The molecule has 0 aliphatic rings. The molecule has 1 atom stereocenters. The van der Waals surface area contributed by atoms with Crippen molar-refractivity contribution in [2.45, 2.75) is 26.8 Å². The van der Waals surface area contributed by atoms with E-state index in [4.69, 9.17) is 5.11 Å². The Hall–Kier alpha value is -1.39. The van der Waals surface area contributed by atoms with Gasteiger partial charge in [0, 0.05) is 12.2 Å². The maximum absolute atomic E-state index is 12.0. The molecule has 1 aromatic rings. The van der Waals surface area contributed by atoms with Gasteiger partial charge in [0.1, 0.15) is 0 Å². The second kappa shape index (κ2) is 6.52. The Morgan fingerprint density at radius 1 is 1.39 bits per heavy atom. The van der Waals surface area contributed by atoms with Gasteiger partial charge in [-0.1, -0.05) is 6.07 Å². The molecule has 0 radical (unpaired) electrons. The van der Waals surface area contributed by atoms with Crippen LogP contribution in [0, 0.1) is 13.8 Å². The third-order valence-corrected chi connectivity index (χ3v) is 3.27. The van der Waals surface area contributed by atoms with E-state index in [1.54, 1.807) is 0 Å². The van der Waals surface area contributed by atoms with Crippen LogP contribution in [0.25, 0.3) is 0 Å². The molecule has 4 nitrogen and oxygen atoms in total. The van der Waals surface area contributed by atoms with E-state index in [1.807, 2.05) is 50.9 Å². The van der Waals surface area contributed by atoms with Crippen molar-refractivity contribution in [1.82, 2.24) is 4.90 Å². The fourth-order valence-corrected chi connectivity index (χ4v) is 1.62. The van der Waals surface area contributed by atoms with E-state index in [1.165, 1.54) is 5.56 Å². The van der Waals surface area contributed by atoms with Crippen molar-refractivity contribution >= 4 is 11.6 Å². The summed E-state index contributed by atoms with van der Waals surface area (Å²) in [6.07, 6.45) is 0. The van der Waals surface area contributed by atoms with Gasteiger partial charge in [-0.3, -0.25) is 9.69 Å². The lowest BCUT2D eigenvalue weighted by Gasteiger charge is -2.23. The fourth-order valence-electron chi connectivity index (χ4n) is 1.62. The summed E-state index contributed by atoms with van der Waals surface area (Å²) in [5.74, 6) is -0.0609. The number of benzene rings is 1. The first-order valence-electron chi connectivity index (χ1n) is 6.15. The van der Waals surface area contributed by atoms with Crippen molar-refractivity contribution in [3.05, 3.63) is 29.3 Å². The number of aliphatic hydroxyl groups is 1. The summed E-state index contributed by atoms with van der Waals surface area (Å²) in [7, 11) is 1.82. The first-order chi connectivity index (χ1) is 8.45. The zero-order valence-electron chi connectivity index (χ0n) is 11.5. The molecule has 0 aromatic heterocycles. The number of hydrogen-bond donors (Lipinski definition) is 2. The number of likely N-dealkylation sites (N-methyl/N-ethyl adjacent to an activating group) is 1. The van der Waals surface area contributed by atoms with E-state index < -0.39 is 0 Å². The molecule has 0 heterocycles. The number of amides is 1. The van der Waals surface area contributed by atoms with Crippen LogP contribution in [-0.4, -0.2) is 42.2 Å². The maximum atomic E-state index is 12.0. The van der Waals surface area contributed by atoms with Gasteiger partial charge >= 0.3 is 0 Å². The summed E-state index contributed by atoms with van der Waals surface area (Å²) in [6, 6.07) is 5.59. The Kier molecular flexibility index (Phi) is 5.31. The molecular weight excluding hydrogens is 228 g/mol. The van der Waals surface area contributed by atoms with Gasteiger partial charge in [-0.25, -0.2) is 0 Å². The summed E-state index contributed by atoms with van der Waals surface area (Å²) in [6.45, 7) is 6.43. The molecule has 1 rings (SSSR count). The normalized spacial score (nSPS) is 12.6. The second-order valence-corrected chi connectivity index (χ2v) is 4.67. The Morgan fingerprint density at radius 2 is 2.06 bits per heavy atom. The first kappa shape index (κ1) is 14.7. The highest BCUT2D eigenvalue weighted by Crippen LogP contribution is 2.14. The predicted octanol–water partition coefficient (Wildman–Crippen LogP) is 1.55. The van der Waals surface area contributed by atoms with Gasteiger partial charge in [0.15, 0.2) is 0 Å². The molecule has 0 spiro atoms. The minimum atomic E-state index is -0.265. The SMILES string of the molecule is Cc1ccc(NC(=O)C(C)N(C)CCO)cc1C. The fraction of sp³-hybridized carbons (Fsp3) is 0.500. The van der Waals surface area contributed by atoms with E-state index >= 15 is 0 Å². The lowest BCUT2D eigenvalue weighted by atomic mass is 10.1. The van der Waals surface area contributed by atoms with Crippen molar-refractivity contribution in [2.75, 3.05) is 25.5 Å². The molecule has 4 heteroatoms. The largest absolute Gasteiger partial charge is 0.395 e. The number of carbonyl (C=O) groups excluding carboxylic acids is 1. The highest BCUT2D eigenvalue weighted by atomic mass is 16.3. The molecule has 0 saturated heterocycles. The van der Waals surface area contributed by atoms with Crippen LogP contribution in [0.3, 0.4) is 0 Å². The monoisotopic (exact) mass is 250 g/mol. The lowest BCUT2D eigenvalue weighted by molar-refractivity contribution is -0.120. The van der Waals surface area contributed by atoms with E-state index in [0.29, 0.717) is 6.54 Å². The van der Waals surface area contributed by atoms with Crippen molar-refractivity contribution in [2.24, 2.45) is 0 Å². The minimum absolute atomic E-state index is 0.0533. The van der Waals surface area contributed by atoms with Crippen LogP contribution >= 0.6 is 0 Å². The zero-order valence-corrected chi connectivity index (χ0v) is 11.5. The number of aliphatic hydroxyl groups excluding tert-OH is 1. The third-order valence-electron chi connectivity index (χ3n) is 3.27. The van der Waals surface area contributed by atoms with Gasteiger partial charge in [-0.05, 0) is 51.1 Å². The second-order valence-electron chi connectivity index (χ2n) is 4.67. The molecule has 1 aromatic carbocycles. The number of rotatable bonds is 5. The molecule has 1 amide bonds. The summed E-state index contributed by atoms with van der Waals surface area (Å²) in [5, 5.41) is 11.7. The average molecular weight is 250 g/mol. The Balaban J connectivity index is 2.66. The van der Waals surface area contributed by atoms with Crippen LogP contribution in [0.1, 0.15) is 18.1 Å². The first-order valence-corrected chi connectivity index (χ1v) is 6.15. The molecule has 18 heavy (non-hydrogen) atoms. The Labute approximate surface area is 109 Å². The Morgan fingerprint density at radius 3 is 2.61 bits per heavy atom. The lowest BCUT2D eigenvalue weighted by Crippen LogP contribution is -2.40. The highest BCUT2D eigenvalue weighted by Gasteiger charge is 2.17. The van der Waals surface area contributed by atoms with Gasteiger partial charge in [0.05, 0.1) is 12.6 Å². The van der Waals surface area contributed by atoms with Gasteiger partial charge < -0.3 is 10.4 Å². The van der Waals surface area contributed by atoms with E-state index in [2.05, 4.69) is 5.32 Å². The quantitative estimate of drug-likeness (QED) is 0.833. The molecule has 100 valence electrons. The van der Waals surface area contributed by atoms with Crippen molar-refractivity contribution in [3.8, 4) is 0 Å². The molecule has 2 N–H and O–H groups in total. The van der Waals surface area contributed by atoms with Crippen molar-refractivity contribution in [1.29, 1.82) is 0 Å². The summed E-state index contributed by atoms with van der Waals surface area (Å²) in [4.78, 5) is 13.8. The number of anilines is 1. The van der Waals surface area contributed by atoms with Gasteiger partial charge in [-0.15, -0.1) is 0 Å². The predicted molar refractivity (Wildman–Crippen MR) is 73.7 cm³/mol. The standard InChI is InChI=1S/C14H22N2O2/c1-10-5-6-13(9-11(10)2)15-14(18)12(3)16(4)7-8-17/h5-6,9,12,17H,7-8H2,1-4H3,(H,15,18). The summed E-state index contributed by atoms with van der Waals surface area (Å²) in [5.41, 5.74) is 3.18. The highest BCUT2D eigenvalue weighted by molar-refractivity contribution is 5.94. The van der Waals surface area contributed by atoms with Crippen LogP contribution in [0.5, 0.6) is 0 Å². The maximum Gasteiger partial charge on any atom is 0.241 e. The molecule has 0 saturated carbocycles. The van der Waals surface area contributed by atoms with Gasteiger partial charge in [0.2, 0.25) is 5.91 Å². The average Bonchev–Trinajstić information content (AvgIpc) is 2.33. The smallest absolute Gasteiger partial charge is 0.241 e. The molecular formula is C14H22N2O2. The van der Waals surface area contributed by atoms with Crippen LogP contribution in [0.2, 0.25) is 0 Å². The van der Waals surface area contributed by atoms with E-state index in [-0.39, 0.29) is 18.6 Å². The van der Waals surface area contributed by atoms with Crippen LogP contribution in [0.15, 0.2) is 18.2 Å². The van der Waals surface area contributed by atoms with Gasteiger partial charge in [-0.2, -0.15) is 0 Å². The van der Waals surface area contributed by atoms with E-state index in [0.717, 1.165) is 11.3 Å². The van der Waals surface area contributed by atoms with Crippen molar-refractivity contribution in [3.63, 3.8) is 0 Å². The molecule has 1 unspecified atom stereocenters. The molecule has 0 aliphatic carbocycles. The zero-order chi connectivity index (χ0) is 13.7. The van der Waals surface area contributed by atoms with E-state index in [9.17, 15) is 4.79 Å². The number of hydrogen-bond acceptors (Lipinski definition) is 3. The van der Waals surface area contributed by atoms with Crippen LogP contribution in [0.4, 0.5) is 5.69 Å². The van der Waals surface area contributed by atoms with Crippen LogP contribution in [-0.2, 0) is 4.79 Å². The Bertz CT molecular complexity index is 418. The number of nitrogens with one attached hydrogen (secondary N) is 1. The van der Waals surface area contributed by atoms with Gasteiger partial charge in [0.25, 0.3) is 0 Å². The third kappa shape index (κ3) is 3.82. The molecule has 0 fully saturated rings. The topological polar surface area (TPSA) is 52.6 Å². The number of carbonyl (C=O) groups is 1. The minimum Gasteiger partial charge on any atom is -0.395 e. The van der Waals surface area contributed by atoms with Crippen LogP contribution < -0.4 is 5.32 Å². The van der Waals surface area contributed by atoms with Crippen molar-refractivity contribution < 1.29 is 9.90 Å². The molecule has 0 bridgehead atoms. The molecule has 0 aliphatic heterocycles. The summed E-state index contributed by atoms with van der Waals surface area (Å²) >= 11 is 0.